The summed E-state index contributed by atoms with van der Waals surface area (Å²) in [7, 11) is 0. The number of nitrogens with zero attached hydrogens (tertiary/aromatic N) is 2. The van der Waals surface area contributed by atoms with Crippen LogP contribution in [0.25, 0.3) is 0 Å². The molecule has 0 aliphatic heterocycles. The summed E-state index contributed by atoms with van der Waals surface area (Å²) >= 11 is 0. The number of nitrogens with one attached hydrogen (secondary N) is 2. The van der Waals surface area contributed by atoms with Crippen molar-refractivity contribution in [2.75, 3.05) is 10.6 Å². The van der Waals surface area contributed by atoms with Crippen LogP contribution < -0.4 is 10.6 Å². The van der Waals surface area contributed by atoms with Crippen LogP contribution in [0, 0.1) is 0 Å². The molecule has 0 spiro atoms. The molecule has 0 radical (unpaired) electrons. The molecule has 0 aliphatic carbocycles. The summed E-state index contributed by atoms with van der Waals surface area (Å²) in [6, 6.07) is 17.2. The predicted octanol–water partition coefficient (Wildman–Crippen LogP) is 4.46. The first-order chi connectivity index (χ1) is 12.6. The van der Waals surface area contributed by atoms with E-state index in [1.807, 2.05) is 48.5 Å². The van der Waals surface area contributed by atoms with Crippen LogP contribution in [0.2, 0.25) is 0 Å². The van der Waals surface area contributed by atoms with Gasteiger partial charge in [-0.1, -0.05) is 32.0 Å². The van der Waals surface area contributed by atoms with Crippen LogP contribution in [0.1, 0.15) is 41.5 Å². The average molecular weight is 346 g/mol. The molecule has 5 nitrogen and oxygen atoms in total. The molecule has 2 N–H and O–H groups in total. The topological polar surface area (TPSA) is 66.9 Å². The fraction of sp³-hybridized carbons (Fsp3) is 0.190. The minimum absolute atomic E-state index is 0.233. The van der Waals surface area contributed by atoms with Crippen LogP contribution in [0.4, 0.5) is 11.4 Å². The van der Waals surface area contributed by atoms with Gasteiger partial charge in [0.2, 0.25) is 0 Å². The molecule has 0 fully saturated rings. The molecule has 0 bridgehead atoms. The van der Waals surface area contributed by atoms with Gasteiger partial charge in [-0.2, -0.15) is 0 Å². The number of carbonyl (C=O) groups excluding carboxylic acids is 1. The highest BCUT2D eigenvalue weighted by molar-refractivity contribution is 6.03. The molecule has 1 aromatic carbocycles. The van der Waals surface area contributed by atoms with Gasteiger partial charge in [-0.15, -0.1) is 0 Å². The van der Waals surface area contributed by atoms with Gasteiger partial charge in [0, 0.05) is 23.8 Å². The number of aromatic nitrogens is 2. The Bertz CT molecular complexity index is 861. The smallest absolute Gasteiger partial charge is 0.274 e. The van der Waals surface area contributed by atoms with E-state index in [-0.39, 0.29) is 5.91 Å². The van der Waals surface area contributed by atoms with Crippen LogP contribution in [-0.2, 0) is 6.54 Å². The normalized spacial score (nSPS) is 10.6. The zero-order valence-electron chi connectivity index (χ0n) is 14.9. The largest absolute Gasteiger partial charge is 0.379 e. The maximum Gasteiger partial charge on any atom is 0.274 e. The van der Waals surface area contributed by atoms with E-state index in [2.05, 4.69) is 34.4 Å². The van der Waals surface area contributed by atoms with Crippen molar-refractivity contribution in [3.05, 3.63) is 83.9 Å². The number of amides is 1. The number of benzene rings is 1. The summed E-state index contributed by atoms with van der Waals surface area (Å²) in [5, 5.41) is 6.14. The van der Waals surface area contributed by atoms with Gasteiger partial charge in [0.25, 0.3) is 5.91 Å². The third kappa shape index (κ3) is 4.66. The second-order valence-corrected chi connectivity index (χ2v) is 6.34. The molecule has 26 heavy (non-hydrogen) atoms. The Morgan fingerprint density at radius 2 is 1.77 bits per heavy atom. The van der Waals surface area contributed by atoms with Crippen LogP contribution in [-0.4, -0.2) is 15.9 Å². The number of rotatable bonds is 6. The Morgan fingerprint density at radius 3 is 2.46 bits per heavy atom. The lowest BCUT2D eigenvalue weighted by Gasteiger charge is -2.10. The van der Waals surface area contributed by atoms with Gasteiger partial charge in [0.15, 0.2) is 0 Å². The van der Waals surface area contributed by atoms with Gasteiger partial charge in [-0.3, -0.25) is 14.8 Å². The van der Waals surface area contributed by atoms with Gasteiger partial charge in [0.1, 0.15) is 5.69 Å². The predicted molar refractivity (Wildman–Crippen MR) is 104 cm³/mol. The van der Waals surface area contributed by atoms with E-state index in [1.54, 1.807) is 18.5 Å². The molecule has 5 heteroatoms. The monoisotopic (exact) mass is 346 g/mol. The number of hydrogen-bond donors (Lipinski definition) is 2. The molecule has 0 atom stereocenters. The maximum atomic E-state index is 12.4. The molecule has 3 rings (SSSR count). The number of anilines is 2. The lowest BCUT2D eigenvalue weighted by Crippen LogP contribution is -2.14. The summed E-state index contributed by atoms with van der Waals surface area (Å²) in [4.78, 5) is 20.9. The third-order valence-electron chi connectivity index (χ3n) is 4.03. The zero-order valence-corrected chi connectivity index (χ0v) is 14.9. The molecular weight excluding hydrogens is 324 g/mol. The van der Waals surface area contributed by atoms with E-state index < -0.39 is 0 Å². The van der Waals surface area contributed by atoms with Crippen LogP contribution >= 0.6 is 0 Å². The van der Waals surface area contributed by atoms with E-state index in [4.69, 9.17) is 0 Å². The van der Waals surface area contributed by atoms with Crippen LogP contribution in [0.3, 0.4) is 0 Å². The number of carbonyl (C=O) groups is 1. The minimum atomic E-state index is -0.233. The Labute approximate surface area is 153 Å². The number of pyridine rings is 2. The molecule has 0 aliphatic rings. The lowest BCUT2D eigenvalue weighted by molar-refractivity contribution is 0.102. The van der Waals surface area contributed by atoms with Crippen molar-refractivity contribution in [3.63, 3.8) is 0 Å². The maximum absolute atomic E-state index is 12.4. The quantitative estimate of drug-likeness (QED) is 0.691. The highest BCUT2D eigenvalue weighted by Gasteiger charge is 2.09. The van der Waals surface area contributed by atoms with Gasteiger partial charge < -0.3 is 10.6 Å². The van der Waals surface area contributed by atoms with Gasteiger partial charge >= 0.3 is 0 Å². The Balaban J connectivity index is 1.64. The molecule has 0 unspecified atom stereocenters. The minimum Gasteiger partial charge on any atom is -0.379 e. The van der Waals surface area contributed by atoms with Crippen molar-refractivity contribution in [3.8, 4) is 0 Å². The van der Waals surface area contributed by atoms with Crippen molar-refractivity contribution < 1.29 is 4.79 Å². The average Bonchev–Trinajstić information content (AvgIpc) is 2.68. The third-order valence-corrected chi connectivity index (χ3v) is 4.03. The van der Waals surface area contributed by atoms with Gasteiger partial charge in [-0.05, 0) is 47.9 Å². The van der Waals surface area contributed by atoms with Crippen molar-refractivity contribution in [1.82, 2.24) is 9.97 Å². The van der Waals surface area contributed by atoms with Crippen LogP contribution in [0.5, 0.6) is 0 Å². The molecule has 132 valence electrons. The highest BCUT2D eigenvalue weighted by Crippen LogP contribution is 2.18. The summed E-state index contributed by atoms with van der Waals surface area (Å²) < 4.78 is 0. The van der Waals surface area contributed by atoms with E-state index in [0.29, 0.717) is 18.2 Å². The molecule has 1 amide bonds. The van der Waals surface area contributed by atoms with E-state index in [1.165, 1.54) is 5.56 Å². The first-order valence-corrected chi connectivity index (χ1v) is 8.63. The van der Waals surface area contributed by atoms with E-state index in [0.717, 1.165) is 17.1 Å². The van der Waals surface area contributed by atoms with Crippen molar-refractivity contribution in [2.45, 2.75) is 26.3 Å². The van der Waals surface area contributed by atoms with E-state index in [9.17, 15) is 4.79 Å². The zero-order chi connectivity index (χ0) is 18.4. The fourth-order valence-electron chi connectivity index (χ4n) is 2.51. The highest BCUT2D eigenvalue weighted by atomic mass is 16.1. The number of hydrogen-bond acceptors (Lipinski definition) is 4. The first-order valence-electron chi connectivity index (χ1n) is 8.63. The SMILES string of the molecule is CC(C)c1ccc(NC(=O)c2cc(NCc3ccccn3)ccn2)cc1. The van der Waals surface area contributed by atoms with Crippen molar-refractivity contribution in [2.24, 2.45) is 0 Å². The summed E-state index contributed by atoms with van der Waals surface area (Å²) in [6.45, 7) is 4.87. The molecule has 2 aromatic heterocycles. The molecular formula is C21H22N4O. The van der Waals surface area contributed by atoms with Gasteiger partial charge in [-0.25, -0.2) is 0 Å². The Kier molecular flexibility index (Phi) is 5.59. The summed E-state index contributed by atoms with van der Waals surface area (Å²) in [5.41, 5.74) is 4.12. The standard InChI is InChI=1S/C21H22N4O/c1-15(2)16-6-8-17(9-7-16)25-21(26)20-13-18(10-12-23-20)24-14-19-5-3-4-11-22-19/h3-13,15H,14H2,1-2H3,(H,23,24)(H,25,26). The Morgan fingerprint density at radius 1 is 0.962 bits per heavy atom. The summed E-state index contributed by atoms with van der Waals surface area (Å²) in [6.07, 6.45) is 3.38. The second-order valence-electron chi connectivity index (χ2n) is 6.34. The molecule has 2 heterocycles. The van der Waals surface area contributed by atoms with Gasteiger partial charge in [0.05, 0.1) is 12.2 Å². The van der Waals surface area contributed by atoms with Crippen molar-refractivity contribution in [1.29, 1.82) is 0 Å². The van der Waals surface area contributed by atoms with Crippen molar-refractivity contribution >= 4 is 17.3 Å². The fourth-order valence-corrected chi connectivity index (χ4v) is 2.51. The van der Waals surface area contributed by atoms with E-state index >= 15 is 0 Å². The molecule has 0 saturated carbocycles. The first kappa shape index (κ1) is 17.6. The summed E-state index contributed by atoms with van der Waals surface area (Å²) in [5.74, 6) is 0.229. The molecule has 0 saturated heterocycles. The second kappa shape index (κ2) is 8.25. The Hall–Kier alpha value is -3.21. The molecule has 3 aromatic rings. The lowest BCUT2D eigenvalue weighted by atomic mass is 10.0. The van der Waals surface area contributed by atoms with Crippen LogP contribution in [0.15, 0.2) is 67.0 Å².